The van der Waals surface area contributed by atoms with E-state index in [2.05, 4.69) is 19.9 Å². The molecule has 0 aromatic heterocycles. The van der Waals surface area contributed by atoms with Crippen LogP contribution in [0, 0.1) is 5.92 Å². The maximum Gasteiger partial charge on any atom is 0.307 e. The number of esters is 1. The summed E-state index contributed by atoms with van der Waals surface area (Å²) in [6, 6.07) is 0. The Morgan fingerprint density at radius 1 is 1.36 bits per heavy atom. The first-order chi connectivity index (χ1) is 10.7. The van der Waals surface area contributed by atoms with Crippen molar-refractivity contribution in [2.75, 3.05) is 60.2 Å². The maximum atomic E-state index is 11.1. The molecular formula is C15H29N3O4. The molecule has 1 unspecified atom stereocenters. The van der Waals surface area contributed by atoms with Crippen LogP contribution in [0.4, 0.5) is 0 Å². The Morgan fingerprint density at radius 3 is 2.86 bits per heavy atom. The van der Waals surface area contributed by atoms with Gasteiger partial charge in [-0.05, 0) is 13.3 Å². The highest BCUT2D eigenvalue weighted by molar-refractivity contribution is 5.80. The Balaban J connectivity index is 2.38. The molecule has 1 atom stereocenters. The Morgan fingerprint density at radius 2 is 2.18 bits per heavy atom. The van der Waals surface area contributed by atoms with Crippen molar-refractivity contribution in [3.8, 4) is 0 Å². The third-order valence-corrected chi connectivity index (χ3v) is 3.51. The smallest absolute Gasteiger partial charge is 0.307 e. The van der Waals surface area contributed by atoms with Crippen molar-refractivity contribution >= 4 is 11.9 Å². The van der Waals surface area contributed by atoms with Crippen LogP contribution in [0.3, 0.4) is 0 Å². The van der Waals surface area contributed by atoms with Crippen LogP contribution < -0.4 is 5.32 Å². The van der Waals surface area contributed by atoms with Gasteiger partial charge in [-0.1, -0.05) is 0 Å². The molecule has 1 saturated heterocycles. The summed E-state index contributed by atoms with van der Waals surface area (Å²) in [5.74, 6) is 1.15. The normalized spacial score (nSPS) is 18.6. The minimum absolute atomic E-state index is 0.231. The molecule has 1 heterocycles. The maximum absolute atomic E-state index is 11.1. The molecule has 128 valence electrons. The molecule has 0 aromatic rings. The topological polar surface area (TPSA) is 72.4 Å². The lowest BCUT2D eigenvalue weighted by molar-refractivity contribution is -0.140. The van der Waals surface area contributed by atoms with E-state index in [9.17, 15) is 4.79 Å². The lowest BCUT2D eigenvalue weighted by atomic mass is 10.1. The lowest BCUT2D eigenvalue weighted by Gasteiger charge is -2.21. The minimum atomic E-state index is -0.231. The number of likely N-dealkylation sites (tertiary alicyclic amines) is 1. The molecule has 0 aliphatic carbocycles. The van der Waals surface area contributed by atoms with Gasteiger partial charge in [0, 0.05) is 32.7 Å². The number of hydrogen-bond acceptors (Lipinski definition) is 5. The summed E-state index contributed by atoms with van der Waals surface area (Å²) in [6.07, 6.45) is 1.40. The van der Waals surface area contributed by atoms with Crippen LogP contribution >= 0.6 is 0 Å². The lowest BCUT2D eigenvalue weighted by Crippen LogP contribution is -2.40. The van der Waals surface area contributed by atoms with Gasteiger partial charge in [0.15, 0.2) is 5.96 Å². The fraction of sp³-hybridized carbons (Fsp3) is 0.867. The quantitative estimate of drug-likeness (QED) is 0.289. The monoisotopic (exact) mass is 315 g/mol. The molecule has 1 rings (SSSR count). The summed E-state index contributed by atoms with van der Waals surface area (Å²) in [5, 5.41) is 3.28. The summed E-state index contributed by atoms with van der Waals surface area (Å²) in [4.78, 5) is 17.9. The Bertz CT molecular complexity index is 350. The van der Waals surface area contributed by atoms with Gasteiger partial charge in [0.1, 0.15) is 0 Å². The number of rotatable bonds is 9. The zero-order valence-corrected chi connectivity index (χ0v) is 14.0. The van der Waals surface area contributed by atoms with Gasteiger partial charge in [-0.25, -0.2) is 0 Å². The van der Waals surface area contributed by atoms with Crippen molar-refractivity contribution in [1.82, 2.24) is 10.2 Å². The molecule has 0 bridgehead atoms. The van der Waals surface area contributed by atoms with Gasteiger partial charge in [0.25, 0.3) is 0 Å². The van der Waals surface area contributed by atoms with E-state index in [4.69, 9.17) is 9.47 Å². The molecule has 1 fully saturated rings. The van der Waals surface area contributed by atoms with Crippen molar-refractivity contribution in [2.24, 2.45) is 10.9 Å². The predicted octanol–water partition coefficient (Wildman–Crippen LogP) is 0.500. The van der Waals surface area contributed by atoms with Crippen LogP contribution in [0.5, 0.6) is 0 Å². The fourth-order valence-corrected chi connectivity index (χ4v) is 2.33. The highest BCUT2D eigenvalue weighted by atomic mass is 16.5. The average Bonchev–Trinajstić information content (AvgIpc) is 2.99. The minimum Gasteiger partial charge on any atom is -0.469 e. The van der Waals surface area contributed by atoms with E-state index in [1.807, 2.05) is 6.92 Å². The van der Waals surface area contributed by atoms with Gasteiger partial charge in [0.05, 0.1) is 39.9 Å². The second kappa shape index (κ2) is 11.3. The number of carbonyl (C=O) groups excluding carboxylic acids is 1. The number of aliphatic imine (C=N–C) groups is 1. The number of guanidine groups is 1. The summed E-state index contributed by atoms with van der Waals surface area (Å²) in [7, 11) is 3.07. The van der Waals surface area contributed by atoms with Crippen LogP contribution in [0.25, 0.3) is 0 Å². The fourth-order valence-electron chi connectivity index (χ4n) is 2.33. The van der Waals surface area contributed by atoms with Crippen molar-refractivity contribution in [2.45, 2.75) is 19.8 Å². The van der Waals surface area contributed by atoms with Gasteiger partial charge in [-0.3, -0.25) is 9.79 Å². The van der Waals surface area contributed by atoms with Crippen LogP contribution in [0.15, 0.2) is 4.99 Å². The molecule has 7 heteroatoms. The molecular weight excluding hydrogens is 286 g/mol. The highest BCUT2D eigenvalue weighted by Gasteiger charge is 2.24. The number of nitrogens with zero attached hydrogens (tertiary/aromatic N) is 2. The number of nitrogens with one attached hydrogen (secondary N) is 1. The number of carbonyl (C=O) groups is 1. The second-order valence-electron chi connectivity index (χ2n) is 5.23. The number of methoxy groups -OCH3 is 2. The standard InChI is InChI=1S/C15H29N3O4/c1-4-16-15(17-7-5-14(19)21-3)18-8-6-13(11-18)12-22-10-9-20-2/h13H,4-12H2,1-3H3,(H,16,17). The Hall–Kier alpha value is -1.34. The Kier molecular flexibility index (Phi) is 9.57. The molecule has 7 nitrogen and oxygen atoms in total. The predicted molar refractivity (Wildman–Crippen MR) is 85.0 cm³/mol. The van der Waals surface area contributed by atoms with Crippen molar-refractivity contribution in [1.29, 1.82) is 0 Å². The van der Waals surface area contributed by atoms with E-state index in [-0.39, 0.29) is 5.97 Å². The third kappa shape index (κ3) is 7.09. The van der Waals surface area contributed by atoms with Gasteiger partial charge in [0.2, 0.25) is 0 Å². The first kappa shape index (κ1) is 18.7. The average molecular weight is 315 g/mol. The largest absolute Gasteiger partial charge is 0.469 e. The first-order valence-electron chi connectivity index (χ1n) is 7.88. The van der Waals surface area contributed by atoms with E-state index in [0.717, 1.165) is 38.6 Å². The van der Waals surface area contributed by atoms with Crippen LogP contribution in [0.1, 0.15) is 19.8 Å². The molecule has 0 saturated carbocycles. The van der Waals surface area contributed by atoms with Crippen molar-refractivity contribution in [3.05, 3.63) is 0 Å². The van der Waals surface area contributed by atoms with Crippen LogP contribution in [-0.4, -0.2) is 77.0 Å². The molecule has 1 aliphatic rings. The van der Waals surface area contributed by atoms with Gasteiger partial charge in [-0.15, -0.1) is 0 Å². The van der Waals surface area contributed by atoms with Crippen molar-refractivity contribution < 1.29 is 19.0 Å². The van der Waals surface area contributed by atoms with Crippen LogP contribution in [0.2, 0.25) is 0 Å². The van der Waals surface area contributed by atoms with Crippen molar-refractivity contribution in [3.63, 3.8) is 0 Å². The molecule has 0 radical (unpaired) electrons. The molecule has 1 aliphatic heterocycles. The zero-order valence-electron chi connectivity index (χ0n) is 14.0. The highest BCUT2D eigenvalue weighted by Crippen LogP contribution is 2.16. The number of ether oxygens (including phenoxy) is 3. The van der Waals surface area contributed by atoms with Gasteiger partial charge >= 0.3 is 5.97 Å². The molecule has 0 spiro atoms. The second-order valence-corrected chi connectivity index (χ2v) is 5.23. The summed E-state index contributed by atoms with van der Waals surface area (Å²) < 4.78 is 15.2. The van der Waals surface area contributed by atoms with E-state index in [1.165, 1.54) is 7.11 Å². The summed E-state index contributed by atoms with van der Waals surface area (Å²) >= 11 is 0. The number of hydrogen-bond donors (Lipinski definition) is 1. The van der Waals surface area contributed by atoms with Gasteiger partial charge < -0.3 is 24.4 Å². The third-order valence-electron chi connectivity index (χ3n) is 3.51. The molecule has 0 aromatic carbocycles. The van der Waals surface area contributed by atoms with E-state index >= 15 is 0 Å². The summed E-state index contributed by atoms with van der Waals surface area (Å²) in [6.45, 7) is 7.20. The summed E-state index contributed by atoms with van der Waals surface area (Å²) in [5.41, 5.74) is 0. The first-order valence-corrected chi connectivity index (χ1v) is 7.88. The molecule has 22 heavy (non-hydrogen) atoms. The van der Waals surface area contributed by atoms with Gasteiger partial charge in [-0.2, -0.15) is 0 Å². The Labute approximate surface area is 133 Å². The zero-order chi connectivity index (χ0) is 16.2. The van der Waals surface area contributed by atoms with Crippen LogP contribution in [-0.2, 0) is 19.0 Å². The molecule has 1 N–H and O–H groups in total. The van der Waals surface area contributed by atoms with E-state index in [1.54, 1.807) is 7.11 Å². The molecule has 0 amide bonds. The SMILES string of the molecule is CCNC(=NCCC(=O)OC)N1CCC(COCCOC)C1. The van der Waals surface area contributed by atoms with E-state index in [0.29, 0.717) is 32.1 Å². The van der Waals surface area contributed by atoms with E-state index < -0.39 is 0 Å².